The van der Waals surface area contributed by atoms with E-state index >= 15 is 0 Å². The molecular weight excluding hydrogens is 270 g/mol. The molecule has 0 saturated carbocycles. The van der Waals surface area contributed by atoms with Gasteiger partial charge in [0.25, 0.3) is 5.56 Å². The van der Waals surface area contributed by atoms with Gasteiger partial charge >= 0.3 is 0 Å². The summed E-state index contributed by atoms with van der Waals surface area (Å²) >= 11 is 5.83. The van der Waals surface area contributed by atoms with E-state index in [1.54, 1.807) is 7.05 Å². The molecule has 19 heavy (non-hydrogen) atoms. The van der Waals surface area contributed by atoms with Crippen LogP contribution in [0.5, 0.6) is 0 Å². The number of aromatic nitrogens is 4. The Labute approximate surface area is 113 Å². The number of anilines is 2. The Hall–Kier alpha value is -1.86. The van der Waals surface area contributed by atoms with Gasteiger partial charge < -0.3 is 10.1 Å². The summed E-state index contributed by atoms with van der Waals surface area (Å²) in [6.07, 6.45) is 0. The molecule has 0 spiro atoms. The van der Waals surface area contributed by atoms with Crippen LogP contribution in [0.3, 0.4) is 0 Å². The van der Waals surface area contributed by atoms with Crippen molar-refractivity contribution in [2.75, 3.05) is 11.9 Å². The number of fused-ring (bicyclic) bond motifs is 1. The zero-order valence-electron chi connectivity index (χ0n) is 10.3. The zero-order valence-corrected chi connectivity index (χ0v) is 11.0. The number of ether oxygens (including phenoxy) is 1. The molecule has 0 bridgehead atoms. The number of aryl methyl sites for hydroxylation is 1. The van der Waals surface area contributed by atoms with Gasteiger partial charge in [-0.15, -0.1) is 0 Å². The Kier molecular flexibility index (Phi) is 3.00. The average molecular weight is 282 g/mol. The molecule has 2 aromatic heterocycles. The number of rotatable bonds is 2. The first-order valence-electron chi connectivity index (χ1n) is 5.79. The summed E-state index contributed by atoms with van der Waals surface area (Å²) in [5, 5.41) is 11.4. The molecule has 0 saturated heterocycles. The molecule has 1 aliphatic rings. The van der Waals surface area contributed by atoms with Crippen LogP contribution in [0, 0.1) is 0 Å². The summed E-state index contributed by atoms with van der Waals surface area (Å²) in [4.78, 5) is 11.9. The van der Waals surface area contributed by atoms with E-state index in [2.05, 4.69) is 15.5 Å². The SMILES string of the molecule is Cn1nc(Cl)cc(Nc2cc3n(n2)CCOC3)c1=O. The molecule has 0 fully saturated rings. The molecule has 0 radical (unpaired) electrons. The van der Waals surface area contributed by atoms with E-state index in [0.717, 1.165) is 5.69 Å². The van der Waals surface area contributed by atoms with Gasteiger partial charge in [-0.2, -0.15) is 10.2 Å². The normalized spacial score (nSPS) is 14.2. The van der Waals surface area contributed by atoms with Crippen molar-refractivity contribution in [2.24, 2.45) is 7.05 Å². The summed E-state index contributed by atoms with van der Waals surface area (Å²) in [6.45, 7) is 1.90. The number of nitrogens with one attached hydrogen (secondary N) is 1. The van der Waals surface area contributed by atoms with Crippen LogP contribution in [0.2, 0.25) is 5.15 Å². The Balaban J connectivity index is 1.93. The minimum absolute atomic E-state index is 0.247. The van der Waals surface area contributed by atoms with Crippen LogP contribution in [-0.2, 0) is 24.9 Å². The van der Waals surface area contributed by atoms with Gasteiger partial charge in [-0.05, 0) is 0 Å². The van der Waals surface area contributed by atoms with Gasteiger partial charge in [0.2, 0.25) is 0 Å². The van der Waals surface area contributed by atoms with Crippen molar-refractivity contribution >= 4 is 23.1 Å². The highest BCUT2D eigenvalue weighted by Crippen LogP contribution is 2.18. The third kappa shape index (κ3) is 2.34. The zero-order chi connectivity index (χ0) is 13.4. The highest BCUT2D eigenvalue weighted by atomic mass is 35.5. The summed E-state index contributed by atoms with van der Waals surface area (Å²) in [7, 11) is 1.55. The second kappa shape index (κ2) is 4.67. The molecule has 2 aromatic rings. The molecule has 3 rings (SSSR count). The lowest BCUT2D eigenvalue weighted by molar-refractivity contribution is 0.0801. The van der Waals surface area contributed by atoms with Crippen LogP contribution >= 0.6 is 11.6 Å². The van der Waals surface area contributed by atoms with E-state index in [0.29, 0.717) is 31.3 Å². The van der Waals surface area contributed by atoms with Crippen molar-refractivity contribution in [1.82, 2.24) is 19.6 Å². The molecule has 0 atom stereocenters. The Morgan fingerprint density at radius 1 is 1.42 bits per heavy atom. The third-order valence-electron chi connectivity index (χ3n) is 2.86. The number of hydrogen-bond acceptors (Lipinski definition) is 5. The van der Waals surface area contributed by atoms with E-state index in [9.17, 15) is 4.79 Å². The van der Waals surface area contributed by atoms with Crippen molar-refractivity contribution in [1.29, 1.82) is 0 Å². The molecule has 7 nitrogen and oxygen atoms in total. The Bertz CT molecular complexity index is 655. The molecule has 0 unspecified atom stereocenters. The smallest absolute Gasteiger partial charge is 0.290 e. The van der Waals surface area contributed by atoms with Crippen LogP contribution < -0.4 is 10.9 Å². The maximum absolute atomic E-state index is 11.9. The van der Waals surface area contributed by atoms with Crippen molar-refractivity contribution in [3.05, 3.63) is 33.3 Å². The Morgan fingerprint density at radius 3 is 3.05 bits per heavy atom. The molecule has 3 heterocycles. The number of hydrogen-bond donors (Lipinski definition) is 1. The molecule has 0 aliphatic carbocycles. The molecule has 100 valence electrons. The van der Waals surface area contributed by atoms with Gasteiger partial charge in [0.1, 0.15) is 5.69 Å². The van der Waals surface area contributed by atoms with Crippen LogP contribution in [-0.4, -0.2) is 26.2 Å². The van der Waals surface area contributed by atoms with Crippen molar-refractivity contribution in [2.45, 2.75) is 13.2 Å². The maximum atomic E-state index is 11.9. The maximum Gasteiger partial charge on any atom is 0.290 e. The van der Waals surface area contributed by atoms with Gasteiger partial charge in [-0.1, -0.05) is 11.6 Å². The van der Waals surface area contributed by atoms with E-state index in [-0.39, 0.29) is 10.7 Å². The van der Waals surface area contributed by atoms with E-state index in [1.807, 2.05) is 10.7 Å². The number of halogens is 1. The lowest BCUT2D eigenvalue weighted by atomic mass is 10.4. The van der Waals surface area contributed by atoms with Gasteiger partial charge in [0.15, 0.2) is 11.0 Å². The van der Waals surface area contributed by atoms with Crippen molar-refractivity contribution < 1.29 is 4.74 Å². The van der Waals surface area contributed by atoms with E-state index in [4.69, 9.17) is 16.3 Å². The highest BCUT2D eigenvalue weighted by Gasteiger charge is 2.13. The second-order valence-electron chi connectivity index (χ2n) is 4.23. The van der Waals surface area contributed by atoms with Crippen LogP contribution in [0.25, 0.3) is 0 Å². The fourth-order valence-electron chi connectivity index (χ4n) is 1.95. The first-order chi connectivity index (χ1) is 9.13. The lowest BCUT2D eigenvalue weighted by Gasteiger charge is -2.12. The van der Waals surface area contributed by atoms with Gasteiger partial charge in [0, 0.05) is 19.2 Å². The van der Waals surface area contributed by atoms with E-state index in [1.165, 1.54) is 10.7 Å². The molecule has 0 amide bonds. The van der Waals surface area contributed by atoms with Gasteiger partial charge in [0.05, 0.1) is 25.5 Å². The molecule has 8 heteroatoms. The summed E-state index contributed by atoms with van der Waals surface area (Å²) < 4.78 is 8.38. The van der Waals surface area contributed by atoms with Gasteiger partial charge in [-0.3, -0.25) is 9.48 Å². The van der Waals surface area contributed by atoms with Crippen molar-refractivity contribution in [3.8, 4) is 0 Å². The molecular formula is C11H12ClN5O2. The predicted molar refractivity (Wildman–Crippen MR) is 69.7 cm³/mol. The predicted octanol–water partition coefficient (Wildman–Crippen LogP) is 0.904. The van der Waals surface area contributed by atoms with E-state index < -0.39 is 0 Å². The summed E-state index contributed by atoms with van der Waals surface area (Å²) in [5.74, 6) is 0.597. The minimum Gasteiger partial charge on any atom is -0.373 e. The average Bonchev–Trinajstić information content (AvgIpc) is 2.77. The first-order valence-corrected chi connectivity index (χ1v) is 6.16. The quantitative estimate of drug-likeness (QED) is 0.885. The highest BCUT2D eigenvalue weighted by molar-refractivity contribution is 6.29. The minimum atomic E-state index is -0.258. The monoisotopic (exact) mass is 281 g/mol. The Morgan fingerprint density at radius 2 is 2.26 bits per heavy atom. The number of nitrogens with zero attached hydrogens (tertiary/aromatic N) is 4. The van der Waals surface area contributed by atoms with Gasteiger partial charge in [-0.25, -0.2) is 4.68 Å². The second-order valence-corrected chi connectivity index (χ2v) is 4.62. The largest absolute Gasteiger partial charge is 0.373 e. The van der Waals surface area contributed by atoms with Crippen LogP contribution in [0.1, 0.15) is 5.69 Å². The fraction of sp³-hybridized carbons (Fsp3) is 0.364. The molecule has 1 N–H and O–H groups in total. The summed E-state index contributed by atoms with van der Waals surface area (Å²) in [6, 6.07) is 3.34. The third-order valence-corrected chi connectivity index (χ3v) is 3.04. The van der Waals surface area contributed by atoms with Crippen LogP contribution in [0.4, 0.5) is 11.5 Å². The fourth-order valence-corrected chi connectivity index (χ4v) is 2.18. The molecule has 0 aromatic carbocycles. The first kappa shape index (κ1) is 12.2. The molecule has 1 aliphatic heterocycles. The summed E-state index contributed by atoms with van der Waals surface area (Å²) in [5.41, 5.74) is 1.07. The topological polar surface area (TPSA) is 74.0 Å². The van der Waals surface area contributed by atoms with Crippen LogP contribution in [0.15, 0.2) is 16.9 Å². The van der Waals surface area contributed by atoms with Crippen molar-refractivity contribution in [3.63, 3.8) is 0 Å². The lowest BCUT2D eigenvalue weighted by Crippen LogP contribution is -2.22. The standard InChI is InChI=1S/C11H12ClN5O2/c1-16-11(18)8(5-9(12)14-16)13-10-4-7-6-19-3-2-17(7)15-10/h4-5H,2-3,6H2,1H3,(H,13,15).